The van der Waals surface area contributed by atoms with Gasteiger partial charge in [0.2, 0.25) is 0 Å². The average molecular weight is 440 g/mol. The number of esters is 2. The molecule has 3 aromatic rings. The van der Waals surface area contributed by atoms with Gasteiger partial charge in [0.25, 0.3) is 0 Å². The molecule has 1 aromatic carbocycles. The molecule has 0 spiro atoms. The van der Waals surface area contributed by atoms with E-state index in [0.29, 0.717) is 35.6 Å². The van der Waals surface area contributed by atoms with E-state index >= 15 is 0 Å². The van der Waals surface area contributed by atoms with Crippen molar-refractivity contribution in [1.29, 1.82) is 0 Å². The molecule has 2 heterocycles. The number of hydrogen-bond acceptors (Lipinski definition) is 7. The summed E-state index contributed by atoms with van der Waals surface area (Å²) in [6, 6.07) is 7.61. The van der Waals surface area contributed by atoms with Gasteiger partial charge in [-0.1, -0.05) is 6.92 Å². The van der Waals surface area contributed by atoms with E-state index in [-0.39, 0.29) is 5.69 Å². The lowest BCUT2D eigenvalue weighted by Crippen LogP contribution is -2.24. The van der Waals surface area contributed by atoms with Gasteiger partial charge in [-0.2, -0.15) is 5.10 Å². The van der Waals surface area contributed by atoms with Crippen LogP contribution in [-0.2, 0) is 22.4 Å². The quantitative estimate of drug-likeness (QED) is 0.475. The molecule has 9 heteroatoms. The van der Waals surface area contributed by atoms with Gasteiger partial charge in [-0.3, -0.25) is 5.10 Å². The Morgan fingerprint density at radius 3 is 2.34 bits per heavy atom. The van der Waals surface area contributed by atoms with Crippen LogP contribution in [0.1, 0.15) is 65.6 Å². The average Bonchev–Trinajstić information content (AvgIpc) is 3.34. The normalized spacial score (nSPS) is 11.3. The molecule has 0 atom stereocenters. The number of nitrogens with one attached hydrogen (secondary N) is 3. The smallest absolute Gasteiger partial charge is 0.355 e. The molecule has 0 aliphatic rings. The zero-order valence-electron chi connectivity index (χ0n) is 19.3. The summed E-state index contributed by atoms with van der Waals surface area (Å²) in [6.07, 6.45) is 0.473. The van der Waals surface area contributed by atoms with Crippen molar-refractivity contribution in [3.63, 3.8) is 0 Å². The van der Waals surface area contributed by atoms with Crippen molar-refractivity contribution in [1.82, 2.24) is 20.2 Å². The van der Waals surface area contributed by atoms with Gasteiger partial charge in [0.1, 0.15) is 17.1 Å². The van der Waals surface area contributed by atoms with Crippen molar-refractivity contribution < 1.29 is 19.1 Å². The largest absolute Gasteiger partial charge is 0.465 e. The number of anilines is 1. The molecule has 0 aliphatic heterocycles. The Kier molecular flexibility index (Phi) is 6.67. The summed E-state index contributed by atoms with van der Waals surface area (Å²) in [5, 5.41) is 10.3. The lowest BCUT2D eigenvalue weighted by atomic mass is 10.1. The monoisotopic (exact) mass is 439 g/mol. The molecule has 3 rings (SSSR count). The summed E-state index contributed by atoms with van der Waals surface area (Å²) in [5.74, 6) is 0.370. The minimum atomic E-state index is -0.652. The van der Waals surface area contributed by atoms with Gasteiger partial charge in [0, 0.05) is 16.9 Å². The van der Waals surface area contributed by atoms with Gasteiger partial charge in [-0.25, -0.2) is 14.6 Å². The van der Waals surface area contributed by atoms with E-state index in [2.05, 4.69) is 25.5 Å². The third-order valence-corrected chi connectivity index (χ3v) is 4.74. The maximum absolute atomic E-state index is 12.7. The molecule has 0 aliphatic carbocycles. The minimum absolute atomic E-state index is 0.273. The first kappa shape index (κ1) is 23.1. The molecule has 0 radical (unpaired) electrons. The van der Waals surface area contributed by atoms with Crippen molar-refractivity contribution in [3.8, 4) is 11.4 Å². The van der Waals surface area contributed by atoms with Gasteiger partial charge in [0.15, 0.2) is 5.82 Å². The number of methoxy groups -OCH3 is 1. The third-order valence-electron chi connectivity index (χ3n) is 4.74. The molecule has 32 heavy (non-hydrogen) atoms. The highest BCUT2D eigenvalue weighted by molar-refractivity contribution is 5.99. The molecule has 0 bridgehead atoms. The predicted molar refractivity (Wildman–Crippen MR) is 121 cm³/mol. The summed E-state index contributed by atoms with van der Waals surface area (Å²) < 4.78 is 10.5. The molecule has 0 unspecified atom stereocenters. The van der Waals surface area contributed by atoms with E-state index in [1.54, 1.807) is 20.8 Å². The predicted octanol–water partition coefficient (Wildman–Crippen LogP) is 4.02. The van der Waals surface area contributed by atoms with Crippen LogP contribution < -0.4 is 5.32 Å². The Hall–Kier alpha value is -3.62. The number of hydrogen-bond donors (Lipinski definition) is 3. The number of H-pyrrole nitrogens is 2. The molecule has 0 saturated heterocycles. The lowest BCUT2D eigenvalue weighted by molar-refractivity contribution is 0.00622. The second kappa shape index (κ2) is 9.25. The Balaban J connectivity index is 1.85. The van der Waals surface area contributed by atoms with Crippen molar-refractivity contribution in [2.45, 2.75) is 53.2 Å². The van der Waals surface area contributed by atoms with Crippen LogP contribution in [0.15, 0.2) is 24.3 Å². The number of nitrogens with zero attached hydrogens (tertiary/aromatic N) is 2. The van der Waals surface area contributed by atoms with E-state index in [1.807, 2.05) is 38.1 Å². The number of aromatic nitrogens is 4. The maximum atomic E-state index is 12.7. The Bertz CT molecular complexity index is 1110. The lowest BCUT2D eigenvalue weighted by Gasteiger charge is -2.19. The highest BCUT2D eigenvalue weighted by Crippen LogP contribution is 2.25. The van der Waals surface area contributed by atoms with Crippen LogP contribution in [0.3, 0.4) is 0 Å². The third kappa shape index (κ3) is 5.16. The van der Waals surface area contributed by atoms with Crippen LogP contribution in [0.2, 0.25) is 0 Å². The second-order valence-corrected chi connectivity index (χ2v) is 8.35. The molecular formula is C23H29N5O4. The maximum Gasteiger partial charge on any atom is 0.355 e. The van der Waals surface area contributed by atoms with E-state index in [0.717, 1.165) is 17.1 Å². The molecule has 0 saturated carbocycles. The Labute approximate surface area is 186 Å². The van der Waals surface area contributed by atoms with Crippen LogP contribution in [0.4, 0.5) is 5.69 Å². The number of carbonyl (C=O) groups is 2. The molecule has 9 nitrogen and oxygen atoms in total. The summed E-state index contributed by atoms with van der Waals surface area (Å²) >= 11 is 0. The van der Waals surface area contributed by atoms with E-state index in [9.17, 15) is 9.59 Å². The zero-order chi connectivity index (χ0) is 23.5. The van der Waals surface area contributed by atoms with E-state index in [4.69, 9.17) is 9.47 Å². The summed E-state index contributed by atoms with van der Waals surface area (Å²) in [6.45, 7) is 9.41. The van der Waals surface area contributed by atoms with Gasteiger partial charge >= 0.3 is 11.9 Å². The molecule has 2 aromatic heterocycles. The fraction of sp³-hybridized carbons (Fsp3) is 0.391. The molecule has 170 valence electrons. The van der Waals surface area contributed by atoms with Crippen LogP contribution in [0.5, 0.6) is 0 Å². The van der Waals surface area contributed by atoms with E-state index < -0.39 is 17.5 Å². The minimum Gasteiger partial charge on any atom is -0.465 e. The highest BCUT2D eigenvalue weighted by Gasteiger charge is 2.28. The summed E-state index contributed by atoms with van der Waals surface area (Å²) in [5.41, 5.74) is 2.84. The molecular weight excluding hydrogens is 410 g/mol. The Morgan fingerprint density at radius 2 is 1.81 bits per heavy atom. The number of aryl methyl sites for hydroxylation is 1. The topological polar surface area (TPSA) is 122 Å². The van der Waals surface area contributed by atoms with Gasteiger partial charge in [-0.05, 0) is 63.9 Å². The van der Waals surface area contributed by atoms with Crippen LogP contribution in [-0.4, -0.2) is 44.8 Å². The first-order valence-corrected chi connectivity index (χ1v) is 10.4. The molecule has 3 N–H and O–H groups in total. The van der Waals surface area contributed by atoms with Crippen molar-refractivity contribution >= 4 is 17.6 Å². The number of carbonyl (C=O) groups excluding carboxylic acids is 2. The Morgan fingerprint density at radius 1 is 1.12 bits per heavy atom. The van der Waals surface area contributed by atoms with Crippen molar-refractivity contribution in [2.75, 3.05) is 12.4 Å². The molecule has 0 fully saturated rings. The SMILES string of the molecule is CCc1c(C(=O)OC(C)(C)C)[nH]c(CNc2ccc(-c3n[nH]c(C)n3)cc2)c1C(=O)OC. The zero-order valence-corrected chi connectivity index (χ0v) is 19.3. The number of aromatic amines is 2. The van der Waals surface area contributed by atoms with Crippen molar-refractivity contribution in [2.24, 2.45) is 0 Å². The van der Waals surface area contributed by atoms with Crippen LogP contribution in [0.25, 0.3) is 11.4 Å². The fourth-order valence-corrected chi connectivity index (χ4v) is 3.33. The number of benzene rings is 1. The number of rotatable bonds is 7. The summed E-state index contributed by atoms with van der Waals surface area (Å²) in [4.78, 5) is 32.6. The van der Waals surface area contributed by atoms with E-state index in [1.165, 1.54) is 7.11 Å². The van der Waals surface area contributed by atoms with Gasteiger partial charge < -0.3 is 19.8 Å². The highest BCUT2D eigenvalue weighted by atomic mass is 16.6. The summed E-state index contributed by atoms with van der Waals surface area (Å²) in [7, 11) is 1.32. The number of ether oxygens (including phenoxy) is 2. The van der Waals surface area contributed by atoms with Crippen molar-refractivity contribution in [3.05, 3.63) is 52.6 Å². The van der Waals surface area contributed by atoms with Gasteiger partial charge in [-0.15, -0.1) is 0 Å². The van der Waals surface area contributed by atoms with Crippen LogP contribution >= 0.6 is 0 Å². The standard InChI is InChI=1S/C23H29N5O4/c1-7-16-18(21(29)31-6)17(26-19(16)22(30)32-23(3,4)5)12-24-15-10-8-14(9-11-15)20-25-13(2)27-28-20/h8-11,24,26H,7,12H2,1-6H3,(H,25,27,28). The van der Waals surface area contributed by atoms with Crippen LogP contribution in [0, 0.1) is 6.92 Å². The van der Waals surface area contributed by atoms with Gasteiger partial charge in [0.05, 0.1) is 19.2 Å². The molecule has 0 amide bonds. The second-order valence-electron chi connectivity index (χ2n) is 8.35. The first-order valence-electron chi connectivity index (χ1n) is 10.4. The first-order chi connectivity index (χ1) is 15.1. The fourth-order valence-electron chi connectivity index (χ4n) is 3.33.